The van der Waals surface area contributed by atoms with Crippen molar-refractivity contribution in [2.45, 2.75) is 51.6 Å². The molecule has 0 atom stereocenters. The average Bonchev–Trinajstić information content (AvgIpc) is 3.03. The Kier molecular flexibility index (Phi) is 5.37. The van der Waals surface area contributed by atoms with E-state index in [0.29, 0.717) is 19.0 Å². The molecular weight excluding hydrogens is 248 g/mol. The topological polar surface area (TPSA) is 49.4 Å². The number of rotatable bonds is 8. The Labute approximate surface area is 111 Å². The first-order chi connectivity index (χ1) is 8.27. The highest BCUT2D eigenvalue weighted by molar-refractivity contribution is 7.89. The molecule has 0 bridgehead atoms. The molecule has 1 aliphatic rings. The number of hydrogen-bond acceptors (Lipinski definition) is 3. The highest BCUT2D eigenvalue weighted by Crippen LogP contribution is 2.20. The van der Waals surface area contributed by atoms with Crippen LogP contribution >= 0.6 is 0 Å². The van der Waals surface area contributed by atoms with Crippen LogP contribution in [-0.2, 0) is 10.0 Å². The van der Waals surface area contributed by atoms with Crippen molar-refractivity contribution in [3.8, 4) is 0 Å². The number of nitrogens with one attached hydrogen (secondary N) is 1. The normalized spacial score (nSPS) is 17.1. The van der Waals surface area contributed by atoms with Crippen LogP contribution in [0.5, 0.6) is 0 Å². The van der Waals surface area contributed by atoms with E-state index in [1.54, 1.807) is 6.08 Å². The second kappa shape index (κ2) is 6.17. The summed E-state index contributed by atoms with van der Waals surface area (Å²) in [6, 6.07) is 0.639. The summed E-state index contributed by atoms with van der Waals surface area (Å²) in [5, 5.41) is 3.34. The molecular formula is C13H26N2O2S. The summed E-state index contributed by atoms with van der Waals surface area (Å²) in [4.78, 5) is 0. The summed E-state index contributed by atoms with van der Waals surface area (Å²) in [5.74, 6) is 0.206. The highest BCUT2D eigenvalue weighted by Gasteiger charge is 2.31. The van der Waals surface area contributed by atoms with E-state index in [2.05, 4.69) is 11.9 Å². The van der Waals surface area contributed by atoms with Gasteiger partial charge in [0.1, 0.15) is 0 Å². The second-order valence-electron chi connectivity index (χ2n) is 5.89. The maximum absolute atomic E-state index is 12.3. The molecule has 0 aromatic rings. The molecule has 1 N–H and O–H groups in total. The van der Waals surface area contributed by atoms with E-state index in [1.165, 1.54) is 17.1 Å². The van der Waals surface area contributed by atoms with Crippen molar-refractivity contribution in [1.82, 2.24) is 9.62 Å². The SMILES string of the molecule is C=CCN(C(C)(C)C)S(=O)(=O)CCCNC1CC1. The molecule has 18 heavy (non-hydrogen) atoms. The minimum absolute atomic E-state index is 0.206. The summed E-state index contributed by atoms with van der Waals surface area (Å²) in [7, 11) is -3.20. The molecule has 1 fully saturated rings. The van der Waals surface area contributed by atoms with Crippen LogP contribution in [-0.4, -0.2) is 43.1 Å². The number of sulfonamides is 1. The number of hydrogen-bond donors (Lipinski definition) is 1. The molecule has 106 valence electrons. The summed E-state index contributed by atoms with van der Waals surface area (Å²) < 4.78 is 26.1. The highest BCUT2D eigenvalue weighted by atomic mass is 32.2. The molecule has 0 aliphatic heterocycles. The van der Waals surface area contributed by atoms with Crippen LogP contribution in [0.25, 0.3) is 0 Å². The van der Waals surface area contributed by atoms with E-state index in [9.17, 15) is 8.42 Å². The Bertz CT molecular complexity index is 367. The number of nitrogens with zero attached hydrogens (tertiary/aromatic N) is 1. The van der Waals surface area contributed by atoms with Crippen molar-refractivity contribution in [3.05, 3.63) is 12.7 Å². The van der Waals surface area contributed by atoms with Crippen LogP contribution in [0.2, 0.25) is 0 Å². The van der Waals surface area contributed by atoms with Gasteiger partial charge in [0.05, 0.1) is 5.75 Å². The van der Waals surface area contributed by atoms with Crippen LogP contribution in [0.3, 0.4) is 0 Å². The van der Waals surface area contributed by atoms with Crippen molar-refractivity contribution < 1.29 is 8.42 Å². The van der Waals surface area contributed by atoms with Gasteiger partial charge in [0.15, 0.2) is 0 Å². The van der Waals surface area contributed by atoms with E-state index >= 15 is 0 Å². The van der Waals surface area contributed by atoms with Gasteiger partial charge in [-0.2, -0.15) is 4.31 Å². The third kappa shape index (κ3) is 5.08. The van der Waals surface area contributed by atoms with Crippen LogP contribution in [0.4, 0.5) is 0 Å². The molecule has 0 unspecified atom stereocenters. The van der Waals surface area contributed by atoms with Crippen LogP contribution < -0.4 is 5.32 Å². The predicted molar refractivity (Wildman–Crippen MR) is 76.1 cm³/mol. The minimum Gasteiger partial charge on any atom is -0.314 e. The lowest BCUT2D eigenvalue weighted by Crippen LogP contribution is -2.46. The molecule has 1 saturated carbocycles. The summed E-state index contributed by atoms with van der Waals surface area (Å²) in [6.45, 7) is 10.5. The Morgan fingerprint density at radius 1 is 1.39 bits per heavy atom. The Hall–Kier alpha value is -0.390. The quantitative estimate of drug-likeness (QED) is 0.542. The van der Waals surface area contributed by atoms with Crippen LogP contribution in [0.1, 0.15) is 40.0 Å². The van der Waals surface area contributed by atoms with E-state index in [-0.39, 0.29) is 5.75 Å². The lowest BCUT2D eigenvalue weighted by molar-refractivity contribution is 0.269. The van der Waals surface area contributed by atoms with Gasteiger partial charge in [0, 0.05) is 18.1 Å². The zero-order valence-corrected chi connectivity index (χ0v) is 12.6. The molecule has 0 aromatic heterocycles. The zero-order valence-electron chi connectivity index (χ0n) is 11.8. The maximum Gasteiger partial charge on any atom is 0.214 e. The molecule has 1 aliphatic carbocycles. The van der Waals surface area contributed by atoms with Gasteiger partial charge >= 0.3 is 0 Å². The second-order valence-corrected chi connectivity index (χ2v) is 7.90. The van der Waals surface area contributed by atoms with Gasteiger partial charge < -0.3 is 5.32 Å². The smallest absolute Gasteiger partial charge is 0.214 e. The monoisotopic (exact) mass is 274 g/mol. The van der Waals surface area contributed by atoms with Crippen molar-refractivity contribution in [1.29, 1.82) is 0 Å². The van der Waals surface area contributed by atoms with Crippen molar-refractivity contribution in [2.75, 3.05) is 18.8 Å². The summed E-state index contributed by atoms with van der Waals surface area (Å²) in [6.07, 6.45) is 4.78. The molecule has 4 nitrogen and oxygen atoms in total. The molecule has 0 heterocycles. The van der Waals surface area contributed by atoms with Gasteiger partial charge in [-0.1, -0.05) is 6.08 Å². The van der Waals surface area contributed by atoms with Crippen molar-refractivity contribution in [3.63, 3.8) is 0 Å². The van der Waals surface area contributed by atoms with Crippen LogP contribution in [0, 0.1) is 0 Å². The summed E-state index contributed by atoms with van der Waals surface area (Å²) >= 11 is 0. The molecule has 0 radical (unpaired) electrons. The van der Waals surface area contributed by atoms with E-state index < -0.39 is 15.6 Å². The van der Waals surface area contributed by atoms with Gasteiger partial charge in [-0.25, -0.2) is 8.42 Å². The fraction of sp³-hybridized carbons (Fsp3) is 0.846. The van der Waals surface area contributed by atoms with E-state index in [4.69, 9.17) is 0 Å². The van der Waals surface area contributed by atoms with E-state index in [1.807, 2.05) is 20.8 Å². The van der Waals surface area contributed by atoms with E-state index in [0.717, 1.165) is 6.54 Å². The fourth-order valence-corrected chi connectivity index (χ4v) is 3.78. The lowest BCUT2D eigenvalue weighted by atomic mass is 10.1. The average molecular weight is 274 g/mol. The molecule has 5 heteroatoms. The molecule has 0 spiro atoms. The first kappa shape index (κ1) is 15.7. The van der Waals surface area contributed by atoms with Crippen LogP contribution in [0.15, 0.2) is 12.7 Å². The first-order valence-electron chi connectivity index (χ1n) is 6.62. The lowest BCUT2D eigenvalue weighted by Gasteiger charge is -2.33. The van der Waals surface area contributed by atoms with Crippen molar-refractivity contribution >= 4 is 10.0 Å². The van der Waals surface area contributed by atoms with Crippen molar-refractivity contribution in [2.24, 2.45) is 0 Å². The predicted octanol–water partition coefficient (Wildman–Crippen LogP) is 1.74. The fourth-order valence-electron chi connectivity index (χ4n) is 1.88. The van der Waals surface area contributed by atoms with Gasteiger partial charge in [0.25, 0.3) is 0 Å². The van der Waals surface area contributed by atoms with Gasteiger partial charge in [-0.15, -0.1) is 6.58 Å². The minimum atomic E-state index is -3.20. The Morgan fingerprint density at radius 2 is 2.00 bits per heavy atom. The Morgan fingerprint density at radius 3 is 2.44 bits per heavy atom. The van der Waals surface area contributed by atoms with Gasteiger partial charge in [0.2, 0.25) is 10.0 Å². The maximum atomic E-state index is 12.3. The Balaban J connectivity index is 2.48. The summed E-state index contributed by atoms with van der Waals surface area (Å²) in [5.41, 5.74) is -0.392. The van der Waals surface area contributed by atoms with Gasteiger partial charge in [-0.3, -0.25) is 0 Å². The molecule has 0 amide bonds. The molecule has 0 saturated heterocycles. The third-order valence-electron chi connectivity index (χ3n) is 2.97. The first-order valence-corrected chi connectivity index (χ1v) is 8.23. The van der Waals surface area contributed by atoms with Gasteiger partial charge in [-0.05, 0) is 46.6 Å². The zero-order chi connectivity index (χ0) is 13.8. The standard InChI is InChI=1S/C13H26N2O2S/c1-5-10-15(13(2,3)4)18(16,17)11-6-9-14-12-7-8-12/h5,12,14H,1,6-11H2,2-4H3. The largest absolute Gasteiger partial charge is 0.314 e. The third-order valence-corrected chi connectivity index (χ3v) is 5.14. The molecule has 1 rings (SSSR count). The molecule has 0 aromatic carbocycles.